The molecule has 30 heavy (non-hydrogen) atoms. The molecule has 1 heterocycles. The first kappa shape index (κ1) is 26.5. The van der Waals surface area contributed by atoms with Crippen molar-refractivity contribution in [3.8, 4) is 5.75 Å². The number of nitrogens with zero attached hydrogens (tertiary/aromatic N) is 2. The summed E-state index contributed by atoms with van der Waals surface area (Å²) in [7, 11) is 0. The molecule has 0 aromatic heterocycles. The maximum Gasteiger partial charge on any atom is 0.260 e. The van der Waals surface area contributed by atoms with E-state index in [1.54, 1.807) is 41.3 Å². The molecule has 1 unspecified atom stereocenters. The van der Waals surface area contributed by atoms with E-state index in [0.717, 1.165) is 5.56 Å². The highest BCUT2D eigenvalue weighted by Crippen LogP contribution is 2.18. The Morgan fingerprint density at radius 3 is 2.40 bits per heavy atom. The molecule has 1 aliphatic rings. The Kier molecular flexibility index (Phi) is 11.4. The average Bonchev–Trinajstić information content (AvgIpc) is 2.70. The van der Waals surface area contributed by atoms with E-state index in [1.807, 2.05) is 0 Å². The zero-order valence-electron chi connectivity index (χ0n) is 16.4. The molecule has 1 N–H and O–H groups in total. The summed E-state index contributed by atoms with van der Waals surface area (Å²) < 4.78 is 18.7. The Hall–Kier alpha value is -1.57. The Morgan fingerprint density at radius 2 is 1.77 bits per heavy atom. The zero-order valence-corrected chi connectivity index (χ0v) is 18.8. The molecule has 0 radical (unpaired) electrons. The summed E-state index contributed by atoms with van der Waals surface area (Å²) in [5, 5.41) is 10.0. The fraction of sp³-hybridized carbons (Fsp3) is 0.381. The van der Waals surface area contributed by atoms with Gasteiger partial charge in [-0.25, -0.2) is 4.39 Å². The van der Waals surface area contributed by atoms with Gasteiger partial charge < -0.3 is 14.7 Å². The highest BCUT2D eigenvalue weighted by Gasteiger charge is 2.29. The molecular formula is C21H26Cl3FN2O3. The molecule has 1 amide bonds. The highest BCUT2D eigenvalue weighted by atomic mass is 35.5. The molecule has 1 saturated heterocycles. The van der Waals surface area contributed by atoms with Crippen molar-refractivity contribution < 1.29 is 19.0 Å². The van der Waals surface area contributed by atoms with Crippen LogP contribution in [0.5, 0.6) is 5.75 Å². The van der Waals surface area contributed by atoms with Crippen molar-refractivity contribution in [2.45, 2.75) is 19.0 Å². The predicted octanol–water partition coefficient (Wildman–Crippen LogP) is 3.80. The minimum absolute atomic E-state index is 0. The average molecular weight is 480 g/mol. The van der Waals surface area contributed by atoms with Crippen LogP contribution in [0, 0.1) is 5.82 Å². The number of aliphatic hydroxyl groups excluding tert-OH is 1. The van der Waals surface area contributed by atoms with E-state index >= 15 is 0 Å². The number of aliphatic hydroxyl groups is 1. The maximum absolute atomic E-state index is 13.1. The summed E-state index contributed by atoms with van der Waals surface area (Å²) in [5.74, 6) is 0.255. The van der Waals surface area contributed by atoms with Gasteiger partial charge in [0, 0.05) is 43.9 Å². The van der Waals surface area contributed by atoms with Crippen molar-refractivity contribution in [2.75, 3.05) is 32.8 Å². The first-order valence-electron chi connectivity index (χ1n) is 9.30. The van der Waals surface area contributed by atoms with E-state index in [1.165, 1.54) is 12.1 Å². The summed E-state index contributed by atoms with van der Waals surface area (Å²) in [6.45, 7) is 2.48. The lowest BCUT2D eigenvalue weighted by atomic mass is 10.1. The molecule has 0 spiro atoms. The number of benzene rings is 2. The minimum atomic E-state index is -0.258. The van der Waals surface area contributed by atoms with Crippen molar-refractivity contribution in [3.05, 3.63) is 64.9 Å². The van der Waals surface area contributed by atoms with Crippen molar-refractivity contribution >= 4 is 42.3 Å². The van der Waals surface area contributed by atoms with Gasteiger partial charge >= 0.3 is 0 Å². The number of carbonyl (C=O) groups is 1. The summed E-state index contributed by atoms with van der Waals surface area (Å²) in [5.41, 5.74) is 1.01. The van der Waals surface area contributed by atoms with Crippen LogP contribution in [0.1, 0.15) is 12.0 Å². The summed E-state index contributed by atoms with van der Waals surface area (Å²) in [4.78, 5) is 16.5. The lowest BCUT2D eigenvalue weighted by molar-refractivity contribution is -0.136. The van der Waals surface area contributed by atoms with Crippen LogP contribution in [-0.4, -0.2) is 59.7 Å². The first-order chi connectivity index (χ1) is 13.5. The number of carbonyl (C=O) groups excluding carboxylic acids is 1. The van der Waals surface area contributed by atoms with Crippen LogP contribution in [0.4, 0.5) is 4.39 Å². The van der Waals surface area contributed by atoms with Gasteiger partial charge in [0.15, 0.2) is 6.61 Å². The predicted molar refractivity (Wildman–Crippen MR) is 120 cm³/mol. The maximum atomic E-state index is 13.1. The lowest BCUT2D eigenvalue weighted by Crippen LogP contribution is -2.55. The third-order valence-electron chi connectivity index (χ3n) is 4.89. The van der Waals surface area contributed by atoms with Crippen LogP contribution in [-0.2, 0) is 11.3 Å². The van der Waals surface area contributed by atoms with Crippen LogP contribution in [0.3, 0.4) is 0 Å². The molecule has 1 fully saturated rings. The molecule has 166 valence electrons. The van der Waals surface area contributed by atoms with Crippen molar-refractivity contribution in [1.29, 1.82) is 0 Å². The Labute approximate surface area is 193 Å². The molecule has 9 heteroatoms. The standard InChI is InChI=1S/C21H24ClFN2O3.2ClH/c22-17-3-7-20(8-4-17)28-15-21(27)25-11-10-24(19(14-25)9-12-26)13-16-1-5-18(23)6-2-16;;/h1-8,19,26H,9-15H2;2*1H. The van der Waals surface area contributed by atoms with Crippen LogP contribution in [0.25, 0.3) is 0 Å². The van der Waals surface area contributed by atoms with E-state index in [4.69, 9.17) is 16.3 Å². The molecular weight excluding hydrogens is 454 g/mol. The molecule has 1 atom stereocenters. The van der Waals surface area contributed by atoms with Gasteiger partial charge in [-0.1, -0.05) is 23.7 Å². The highest BCUT2D eigenvalue weighted by molar-refractivity contribution is 6.30. The molecule has 2 aromatic carbocycles. The normalized spacial score (nSPS) is 16.4. The molecule has 3 rings (SSSR count). The Bertz CT molecular complexity index is 778. The van der Waals surface area contributed by atoms with Gasteiger partial charge in [-0.3, -0.25) is 9.69 Å². The van der Waals surface area contributed by atoms with Gasteiger partial charge in [0.05, 0.1) is 0 Å². The second kappa shape index (κ2) is 13.0. The fourth-order valence-electron chi connectivity index (χ4n) is 3.34. The minimum Gasteiger partial charge on any atom is -0.484 e. The van der Waals surface area contributed by atoms with Crippen molar-refractivity contribution in [3.63, 3.8) is 0 Å². The number of piperazine rings is 1. The quantitative estimate of drug-likeness (QED) is 0.656. The number of amides is 1. The van der Waals surface area contributed by atoms with Crippen LogP contribution >= 0.6 is 36.4 Å². The smallest absolute Gasteiger partial charge is 0.260 e. The van der Waals surface area contributed by atoms with Crippen LogP contribution in [0.15, 0.2) is 48.5 Å². The largest absolute Gasteiger partial charge is 0.484 e. The van der Waals surface area contributed by atoms with Gasteiger partial charge in [-0.15, -0.1) is 24.8 Å². The van der Waals surface area contributed by atoms with Gasteiger partial charge in [-0.2, -0.15) is 0 Å². The molecule has 0 aliphatic carbocycles. The van der Waals surface area contributed by atoms with Gasteiger partial charge in [0.2, 0.25) is 0 Å². The van der Waals surface area contributed by atoms with E-state index < -0.39 is 0 Å². The summed E-state index contributed by atoms with van der Waals surface area (Å²) in [6, 6.07) is 13.4. The second-order valence-electron chi connectivity index (χ2n) is 6.85. The fourth-order valence-corrected chi connectivity index (χ4v) is 3.47. The Balaban J connectivity index is 0.00000225. The monoisotopic (exact) mass is 478 g/mol. The SMILES string of the molecule is Cl.Cl.O=C(COc1ccc(Cl)cc1)N1CCN(Cc2ccc(F)cc2)C(CCO)C1. The number of hydrogen-bond donors (Lipinski definition) is 1. The van der Waals surface area contributed by atoms with Crippen LogP contribution < -0.4 is 4.74 Å². The molecule has 0 bridgehead atoms. The number of ether oxygens (including phenoxy) is 1. The van der Waals surface area contributed by atoms with Crippen molar-refractivity contribution in [2.24, 2.45) is 0 Å². The zero-order chi connectivity index (χ0) is 19.9. The third-order valence-corrected chi connectivity index (χ3v) is 5.15. The first-order valence-corrected chi connectivity index (χ1v) is 9.68. The van der Waals surface area contributed by atoms with Gasteiger partial charge in [-0.05, 0) is 48.4 Å². The van der Waals surface area contributed by atoms with E-state index in [0.29, 0.717) is 43.4 Å². The molecule has 2 aromatic rings. The molecule has 0 saturated carbocycles. The number of rotatable bonds is 7. The van der Waals surface area contributed by atoms with E-state index in [2.05, 4.69) is 4.90 Å². The number of halogens is 4. The Morgan fingerprint density at radius 1 is 1.10 bits per heavy atom. The van der Waals surface area contributed by atoms with Gasteiger partial charge in [0.25, 0.3) is 5.91 Å². The topological polar surface area (TPSA) is 53.0 Å². The number of hydrogen-bond acceptors (Lipinski definition) is 4. The third kappa shape index (κ3) is 7.60. The second-order valence-corrected chi connectivity index (χ2v) is 7.28. The molecule has 1 aliphatic heterocycles. The molecule has 5 nitrogen and oxygen atoms in total. The van der Waals surface area contributed by atoms with E-state index in [9.17, 15) is 14.3 Å². The summed E-state index contributed by atoms with van der Waals surface area (Å²) in [6.07, 6.45) is 0.572. The van der Waals surface area contributed by atoms with E-state index in [-0.39, 0.29) is 55.8 Å². The van der Waals surface area contributed by atoms with Crippen LogP contribution in [0.2, 0.25) is 5.02 Å². The van der Waals surface area contributed by atoms with Gasteiger partial charge in [0.1, 0.15) is 11.6 Å². The summed E-state index contributed by atoms with van der Waals surface area (Å²) >= 11 is 5.85. The lowest BCUT2D eigenvalue weighted by Gasteiger charge is -2.41. The van der Waals surface area contributed by atoms with Crippen molar-refractivity contribution in [1.82, 2.24) is 9.80 Å².